The third kappa shape index (κ3) is 2.56. The van der Waals surface area contributed by atoms with E-state index in [0.29, 0.717) is 17.0 Å². The second-order valence-electron chi connectivity index (χ2n) is 4.59. The van der Waals surface area contributed by atoms with E-state index in [2.05, 4.69) is 0 Å². The molecule has 0 saturated carbocycles. The van der Waals surface area contributed by atoms with Crippen LogP contribution >= 0.6 is 0 Å². The van der Waals surface area contributed by atoms with E-state index >= 15 is 0 Å². The Kier molecular flexibility index (Phi) is 4.15. The number of aliphatic hydroxyl groups excluding tert-OH is 1. The number of hydrogen-bond donors (Lipinski definition) is 2. The first-order valence-electron chi connectivity index (χ1n) is 6.33. The fourth-order valence-corrected chi connectivity index (χ4v) is 2.23. The van der Waals surface area contributed by atoms with Crippen LogP contribution in [0.2, 0.25) is 0 Å². The molecule has 20 heavy (non-hydrogen) atoms. The largest absolute Gasteiger partial charge is 0.497 e. The minimum Gasteiger partial charge on any atom is -0.497 e. The molecular weight excluding hydrogens is 254 g/mol. The molecule has 2 aromatic rings. The molecule has 4 heteroatoms. The average Bonchev–Trinajstić information content (AvgIpc) is 2.46. The normalized spacial score (nSPS) is 12.0. The summed E-state index contributed by atoms with van der Waals surface area (Å²) in [6.45, 7) is 1.93. The highest BCUT2D eigenvalue weighted by Gasteiger charge is 2.17. The van der Waals surface area contributed by atoms with Crippen molar-refractivity contribution in [2.45, 2.75) is 13.0 Å². The molecule has 0 saturated heterocycles. The van der Waals surface area contributed by atoms with Crippen LogP contribution in [0, 0.1) is 6.92 Å². The van der Waals surface area contributed by atoms with Gasteiger partial charge in [-0.15, -0.1) is 0 Å². The zero-order valence-corrected chi connectivity index (χ0v) is 11.9. The van der Waals surface area contributed by atoms with Crippen LogP contribution in [-0.2, 0) is 0 Å². The summed E-state index contributed by atoms with van der Waals surface area (Å²) >= 11 is 0. The van der Waals surface area contributed by atoms with Gasteiger partial charge in [-0.2, -0.15) is 0 Å². The van der Waals surface area contributed by atoms with Gasteiger partial charge >= 0.3 is 0 Å². The third-order valence-electron chi connectivity index (χ3n) is 3.39. The van der Waals surface area contributed by atoms with Crippen molar-refractivity contribution in [2.75, 3.05) is 20.0 Å². The second kappa shape index (κ2) is 5.84. The third-order valence-corrected chi connectivity index (χ3v) is 3.39. The van der Waals surface area contributed by atoms with Gasteiger partial charge in [-0.05, 0) is 36.2 Å². The van der Waals surface area contributed by atoms with E-state index in [9.17, 15) is 5.11 Å². The standard InChI is InChI=1S/C16H19NO3/c1-10-9-11(19-2)7-8-12(10)16(18)13-5-4-6-14(20-3)15(13)17/h4-9,16,18H,17H2,1-3H3. The van der Waals surface area contributed by atoms with E-state index < -0.39 is 6.10 Å². The average molecular weight is 273 g/mol. The van der Waals surface area contributed by atoms with Crippen LogP contribution in [0.1, 0.15) is 22.8 Å². The van der Waals surface area contributed by atoms with Crippen LogP contribution < -0.4 is 15.2 Å². The lowest BCUT2D eigenvalue weighted by Gasteiger charge is -2.18. The van der Waals surface area contributed by atoms with Gasteiger partial charge in [0.05, 0.1) is 19.9 Å². The molecule has 2 aromatic carbocycles. The molecule has 1 unspecified atom stereocenters. The lowest BCUT2D eigenvalue weighted by molar-refractivity contribution is 0.219. The maximum Gasteiger partial charge on any atom is 0.142 e. The van der Waals surface area contributed by atoms with Crippen molar-refractivity contribution in [2.24, 2.45) is 0 Å². The van der Waals surface area contributed by atoms with Crippen molar-refractivity contribution >= 4 is 5.69 Å². The van der Waals surface area contributed by atoms with Gasteiger partial charge in [0.25, 0.3) is 0 Å². The summed E-state index contributed by atoms with van der Waals surface area (Å²) in [6, 6.07) is 10.9. The van der Waals surface area contributed by atoms with Gasteiger partial charge in [0, 0.05) is 5.56 Å². The first-order valence-corrected chi connectivity index (χ1v) is 6.33. The lowest BCUT2D eigenvalue weighted by atomic mass is 9.96. The fourth-order valence-electron chi connectivity index (χ4n) is 2.23. The molecule has 2 rings (SSSR count). The molecule has 4 nitrogen and oxygen atoms in total. The lowest BCUT2D eigenvalue weighted by Crippen LogP contribution is -2.06. The first kappa shape index (κ1) is 14.2. The number of hydrogen-bond acceptors (Lipinski definition) is 4. The van der Waals surface area contributed by atoms with Crippen LogP contribution in [0.25, 0.3) is 0 Å². The molecule has 0 aliphatic carbocycles. The summed E-state index contributed by atoms with van der Waals surface area (Å²) < 4.78 is 10.4. The van der Waals surface area contributed by atoms with Crippen LogP contribution in [0.5, 0.6) is 11.5 Å². The number of rotatable bonds is 4. The summed E-state index contributed by atoms with van der Waals surface area (Å²) in [5.74, 6) is 1.32. The molecule has 3 N–H and O–H groups in total. The maximum absolute atomic E-state index is 10.6. The second-order valence-corrected chi connectivity index (χ2v) is 4.59. The molecule has 0 fully saturated rings. The number of nitrogens with two attached hydrogens (primary N) is 1. The summed E-state index contributed by atoms with van der Waals surface area (Å²) in [7, 11) is 3.17. The molecule has 0 heterocycles. The van der Waals surface area contributed by atoms with E-state index in [1.54, 1.807) is 26.4 Å². The molecule has 0 amide bonds. The van der Waals surface area contributed by atoms with Crippen molar-refractivity contribution in [1.29, 1.82) is 0 Å². The zero-order chi connectivity index (χ0) is 14.7. The molecule has 0 bridgehead atoms. The van der Waals surface area contributed by atoms with Crippen molar-refractivity contribution in [3.8, 4) is 11.5 Å². The van der Waals surface area contributed by atoms with Crippen molar-refractivity contribution in [3.05, 3.63) is 53.1 Å². The predicted molar refractivity (Wildman–Crippen MR) is 79.2 cm³/mol. The quantitative estimate of drug-likeness (QED) is 0.841. The molecule has 0 aliphatic heterocycles. The van der Waals surface area contributed by atoms with Gasteiger partial charge < -0.3 is 20.3 Å². The number of methoxy groups -OCH3 is 2. The van der Waals surface area contributed by atoms with E-state index in [0.717, 1.165) is 16.9 Å². The summed E-state index contributed by atoms with van der Waals surface area (Å²) in [4.78, 5) is 0. The number of para-hydroxylation sites is 1. The van der Waals surface area contributed by atoms with Gasteiger partial charge in [-0.1, -0.05) is 18.2 Å². The Morgan fingerprint density at radius 2 is 1.80 bits per heavy atom. The molecule has 1 atom stereocenters. The fraction of sp³-hybridized carbons (Fsp3) is 0.250. The Labute approximate surface area is 118 Å². The molecule has 0 aromatic heterocycles. The van der Waals surface area contributed by atoms with Gasteiger partial charge in [-0.25, -0.2) is 0 Å². The van der Waals surface area contributed by atoms with Gasteiger partial charge in [0.1, 0.15) is 17.6 Å². The molecule has 0 spiro atoms. The van der Waals surface area contributed by atoms with Crippen LogP contribution in [0.3, 0.4) is 0 Å². The van der Waals surface area contributed by atoms with Crippen LogP contribution in [0.4, 0.5) is 5.69 Å². The molecule has 0 radical (unpaired) electrons. The molecule has 0 aliphatic rings. The first-order chi connectivity index (χ1) is 9.58. The van der Waals surface area contributed by atoms with Crippen LogP contribution in [-0.4, -0.2) is 19.3 Å². The van der Waals surface area contributed by atoms with Crippen molar-refractivity contribution in [1.82, 2.24) is 0 Å². The highest BCUT2D eigenvalue weighted by molar-refractivity contribution is 5.61. The summed E-state index contributed by atoms with van der Waals surface area (Å²) in [5, 5.41) is 10.6. The summed E-state index contributed by atoms with van der Waals surface area (Å²) in [6.07, 6.45) is -0.795. The zero-order valence-electron chi connectivity index (χ0n) is 11.9. The van der Waals surface area contributed by atoms with Crippen LogP contribution in [0.15, 0.2) is 36.4 Å². The van der Waals surface area contributed by atoms with Crippen molar-refractivity contribution in [3.63, 3.8) is 0 Å². The van der Waals surface area contributed by atoms with E-state index in [4.69, 9.17) is 15.2 Å². The summed E-state index contributed by atoms with van der Waals surface area (Å²) in [5.41, 5.74) is 8.86. The number of nitrogen functional groups attached to an aromatic ring is 1. The monoisotopic (exact) mass is 273 g/mol. The maximum atomic E-state index is 10.6. The highest BCUT2D eigenvalue weighted by atomic mass is 16.5. The van der Waals surface area contributed by atoms with Gasteiger partial charge in [0.2, 0.25) is 0 Å². The van der Waals surface area contributed by atoms with E-state index in [1.165, 1.54) is 0 Å². The smallest absolute Gasteiger partial charge is 0.142 e. The van der Waals surface area contributed by atoms with Crippen molar-refractivity contribution < 1.29 is 14.6 Å². The Hall–Kier alpha value is -2.20. The van der Waals surface area contributed by atoms with Gasteiger partial charge in [-0.3, -0.25) is 0 Å². The number of aryl methyl sites for hydroxylation is 1. The Morgan fingerprint density at radius 1 is 1.05 bits per heavy atom. The molecule has 106 valence electrons. The predicted octanol–water partition coefficient (Wildman–Crippen LogP) is 2.68. The minimum absolute atomic E-state index is 0.456. The highest BCUT2D eigenvalue weighted by Crippen LogP contribution is 2.34. The number of benzene rings is 2. The molecular formula is C16H19NO3. The Bertz CT molecular complexity index is 611. The Balaban J connectivity index is 2.43. The SMILES string of the molecule is COc1ccc(C(O)c2cccc(OC)c2N)c(C)c1. The number of aliphatic hydroxyl groups is 1. The minimum atomic E-state index is -0.795. The van der Waals surface area contributed by atoms with E-state index in [1.807, 2.05) is 31.2 Å². The van der Waals surface area contributed by atoms with E-state index in [-0.39, 0.29) is 0 Å². The number of anilines is 1. The Morgan fingerprint density at radius 3 is 2.40 bits per heavy atom. The van der Waals surface area contributed by atoms with Gasteiger partial charge in [0.15, 0.2) is 0 Å². The topological polar surface area (TPSA) is 64.7 Å². The number of ether oxygens (including phenoxy) is 2.